The average Bonchev–Trinajstić information content (AvgIpc) is 3.03. The molecule has 6 heteroatoms. The van der Waals surface area contributed by atoms with Crippen molar-refractivity contribution in [2.75, 3.05) is 18.0 Å². The number of rotatable bonds is 5. The number of hydrogen-bond donors (Lipinski definition) is 1. The fourth-order valence-electron chi connectivity index (χ4n) is 2.95. The van der Waals surface area contributed by atoms with Crippen LogP contribution in [-0.4, -0.2) is 27.5 Å². The number of nitrogens with one attached hydrogen (secondary N) is 1. The maximum absolute atomic E-state index is 12.5. The van der Waals surface area contributed by atoms with Crippen LogP contribution in [-0.2, 0) is 10.0 Å². The van der Waals surface area contributed by atoms with E-state index in [-0.39, 0.29) is 10.9 Å². The summed E-state index contributed by atoms with van der Waals surface area (Å²) in [7, 11) is -3.51. The number of anilines is 1. The monoisotopic (exact) mass is 394 g/mol. The van der Waals surface area contributed by atoms with Gasteiger partial charge in [-0.15, -0.1) is 0 Å². The summed E-state index contributed by atoms with van der Waals surface area (Å²) in [5.74, 6) is 0. The fraction of sp³-hybridized carbons (Fsp3) is 0.294. The molecule has 1 N–H and O–H groups in total. The van der Waals surface area contributed by atoms with Crippen molar-refractivity contribution in [1.82, 2.24) is 4.72 Å². The Kier molecular flexibility index (Phi) is 5.04. The highest BCUT2D eigenvalue weighted by atomic mass is 79.9. The molecule has 0 radical (unpaired) electrons. The van der Waals surface area contributed by atoms with Crippen molar-refractivity contribution in [1.29, 1.82) is 0 Å². The van der Waals surface area contributed by atoms with E-state index in [4.69, 9.17) is 0 Å². The van der Waals surface area contributed by atoms with Crippen molar-refractivity contribution in [2.24, 2.45) is 0 Å². The normalized spacial score (nSPS) is 18.3. The molecule has 4 nitrogen and oxygen atoms in total. The second-order valence-corrected chi connectivity index (χ2v) is 8.20. The van der Waals surface area contributed by atoms with E-state index in [1.165, 1.54) is 0 Å². The Labute approximate surface area is 145 Å². The lowest BCUT2D eigenvalue weighted by molar-refractivity contribution is 0.566. The molecular formula is C17H19BrN2O2S. The number of nitrogens with zero attached hydrogens (tertiary/aromatic N) is 1. The first-order valence-electron chi connectivity index (χ1n) is 7.64. The maximum atomic E-state index is 12.5. The third-order valence-electron chi connectivity index (χ3n) is 4.10. The van der Waals surface area contributed by atoms with E-state index in [2.05, 4.69) is 37.7 Å². The molecule has 1 fully saturated rings. The van der Waals surface area contributed by atoms with Gasteiger partial charge >= 0.3 is 0 Å². The van der Waals surface area contributed by atoms with E-state index in [0.29, 0.717) is 11.0 Å². The highest BCUT2D eigenvalue weighted by Gasteiger charge is 2.27. The van der Waals surface area contributed by atoms with Crippen molar-refractivity contribution in [2.45, 2.75) is 23.8 Å². The topological polar surface area (TPSA) is 49.4 Å². The predicted molar refractivity (Wildman–Crippen MR) is 96.1 cm³/mol. The molecule has 0 bridgehead atoms. The predicted octanol–water partition coefficient (Wildman–Crippen LogP) is 3.40. The number of para-hydroxylation sites is 1. The van der Waals surface area contributed by atoms with Gasteiger partial charge in [-0.2, -0.15) is 0 Å². The first-order chi connectivity index (χ1) is 11.1. The molecule has 2 aromatic rings. The molecule has 1 aliphatic rings. The van der Waals surface area contributed by atoms with E-state index in [1.54, 1.807) is 24.3 Å². The summed E-state index contributed by atoms with van der Waals surface area (Å²) in [4.78, 5) is 2.56. The minimum Gasteiger partial charge on any atom is -0.367 e. The maximum Gasteiger partial charge on any atom is 0.241 e. The fourth-order valence-corrected chi connectivity index (χ4v) is 5.03. The van der Waals surface area contributed by atoms with Gasteiger partial charge in [0.25, 0.3) is 0 Å². The molecule has 0 spiro atoms. The van der Waals surface area contributed by atoms with Gasteiger partial charge in [0.2, 0.25) is 10.0 Å². The molecule has 122 valence electrons. The number of halogens is 1. The van der Waals surface area contributed by atoms with Crippen molar-refractivity contribution in [3.8, 4) is 0 Å². The zero-order chi connectivity index (χ0) is 16.3. The average molecular weight is 395 g/mol. The SMILES string of the molecule is O=S(=O)(NCC1CCCN1c1ccccc1)c1ccccc1Br. The van der Waals surface area contributed by atoms with Crippen LogP contribution in [0.2, 0.25) is 0 Å². The Bertz CT molecular complexity index is 765. The minimum atomic E-state index is -3.51. The van der Waals surface area contributed by atoms with E-state index in [1.807, 2.05) is 18.2 Å². The summed E-state index contributed by atoms with van der Waals surface area (Å²) >= 11 is 3.30. The highest BCUT2D eigenvalue weighted by molar-refractivity contribution is 9.10. The third-order valence-corrected chi connectivity index (χ3v) is 6.54. The second-order valence-electron chi connectivity index (χ2n) is 5.61. The van der Waals surface area contributed by atoms with Crippen LogP contribution in [0, 0.1) is 0 Å². The summed E-state index contributed by atoms with van der Waals surface area (Å²) in [6.07, 6.45) is 2.07. The van der Waals surface area contributed by atoms with E-state index in [9.17, 15) is 8.42 Å². The van der Waals surface area contributed by atoms with Gasteiger partial charge in [-0.05, 0) is 53.0 Å². The molecule has 0 aliphatic carbocycles. The van der Waals surface area contributed by atoms with Gasteiger partial charge in [0, 0.05) is 29.3 Å². The molecule has 23 heavy (non-hydrogen) atoms. The lowest BCUT2D eigenvalue weighted by Gasteiger charge is -2.27. The smallest absolute Gasteiger partial charge is 0.241 e. The van der Waals surface area contributed by atoms with Crippen LogP contribution in [0.5, 0.6) is 0 Å². The number of hydrogen-bond acceptors (Lipinski definition) is 3. The Morgan fingerprint density at radius 2 is 1.78 bits per heavy atom. The van der Waals surface area contributed by atoms with Gasteiger partial charge in [0.1, 0.15) is 0 Å². The molecule has 1 saturated heterocycles. The molecule has 1 aliphatic heterocycles. The first kappa shape index (κ1) is 16.5. The molecular weight excluding hydrogens is 376 g/mol. The summed E-state index contributed by atoms with van der Waals surface area (Å²) in [6.45, 7) is 1.38. The van der Waals surface area contributed by atoms with Crippen LogP contribution in [0.1, 0.15) is 12.8 Å². The molecule has 1 heterocycles. The van der Waals surface area contributed by atoms with Crippen LogP contribution in [0.4, 0.5) is 5.69 Å². The van der Waals surface area contributed by atoms with E-state index >= 15 is 0 Å². The zero-order valence-corrected chi connectivity index (χ0v) is 15.1. The summed E-state index contributed by atoms with van der Waals surface area (Å²) in [5, 5.41) is 0. The van der Waals surface area contributed by atoms with Crippen molar-refractivity contribution >= 4 is 31.6 Å². The van der Waals surface area contributed by atoms with E-state index < -0.39 is 10.0 Å². The Morgan fingerprint density at radius 1 is 1.09 bits per heavy atom. The van der Waals surface area contributed by atoms with Gasteiger partial charge < -0.3 is 4.90 Å². The number of benzene rings is 2. The molecule has 1 unspecified atom stereocenters. The molecule has 1 atom stereocenters. The zero-order valence-electron chi connectivity index (χ0n) is 12.7. The second kappa shape index (κ2) is 7.03. The molecule has 2 aromatic carbocycles. The van der Waals surface area contributed by atoms with Crippen molar-refractivity contribution < 1.29 is 8.42 Å². The van der Waals surface area contributed by atoms with Crippen LogP contribution in [0.15, 0.2) is 64.0 Å². The quantitative estimate of drug-likeness (QED) is 0.845. The van der Waals surface area contributed by atoms with Crippen LogP contribution in [0.3, 0.4) is 0 Å². The lowest BCUT2D eigenvalue weighted by Crippen LogP contribution is -2.40. The highest BCUT2D eigenvalue weighted by Crippen LogP contribution is 2.26. The Balaban J connectivity index is 1.71. The number of sulfonamides is 1. The third kappa shape index (κ3) is 3.76. The van der Waals surface area contributed by atoms with Gasteiger partial charge in [0.05, 0.1) is 4.90 Å². The summed E-state index contributed by atoms with van der Waals surface area (Å²) in [6, 6.07) is 17.2. The van der Waals surface area contributed by atoms with Gasteiger partial charge in [-0.25, -0.2) is 13.1 Å². The molecule has 0 saturated carbocycles. The summed E-state index contributed by atoms with van der Waals surface area (Å²) in [5.41, 5.74) is 1.15. The molecule has 0 aromatic heterocycles. The van der Waals surface area contributed by atoms with Crippen molar-refractivity contribution in [3.05, 3.63) is 59.1 Å². The van der Waals surface area contributed by atoms with Gasteiger partial charge in [0.15, 0.2) is 0 Å². The largest absolute Gasteiger partial charge is 0.367 e. The first-order valence-corrected chi connectivity index (χ1v) is 9.91. The minimum absolute atomic E-state index is 0.190. The standard InChI is InChI=1S/C17H19BrN2O2S/c18-16-10-4-5-11-17(16)23(21,22)19-13-15-9-6-12-20(15)14-7-2-1-3-8-14/h1-5,7-8,10-11,15,19H,6,9,12-13H2. The van der Waals surface area contributed by atoms with Gasteiger partial charge in [-0.3, -0.25) is 0 Å². The van der Waals surface area contributed by atoms with Gasteiger partial charge in [-0.1, -0.05) is 30.3 Å². The lowest BCUT2D eigenvalue weighted by atomic mass is 10.2. The van der Waals surface area contributed by atoms with Crippen LogP contribution >= 0.6 is 15.9 Å². The summed E-state index contributed by atoms with van der Waals surface area (Å²) < 4.78 is 28.3. The Morgan fingerprint density at radius 3 is 2.52 bits per heavy atom. The molecule has 0 amide bonds. The Hall–Kier alpha value is -1.37. The van der Waals surface area contributed by atoms with Crippen molar-refractivity contribution in [3.63, 3.8) is 0 Å². The van der Waals surface area contributed by atoms with Crippen LogP contribution < -0.4 is 9.62 Å². The molecule has 3 rings (SSSR count). The van der Waals surface area contributed by atoms with Crippen LogP contribution in [0.25, 0.3) is 0 Å². The van der Waals surface area contributed by atoms with E-state index in [0.717, 1.165) is 25.1 Å².